The molecule has 1 aromatic heterocycles. The Morgan fingerprint density at radius 1 is 1.39 bits per heavy atom. The minimum atomic E-state index is -0.524. The lowest BCUT2D eigenvalue weighted by atomic mass is 10.0. The molecule has 5 heteroatoms. The zero-order valence-corrected chi connectivity index (χ0v) is 11.3. The van der Waals surface area contributed by atoms with Gasteiger partial charge in [0.2, 0.25) is 0 Å². The number of pyridine rings is 1. The third-order valence-electron chi connectivity index (χ3n) is 2.62. The van der Waals surface area contributed by atoms with Crippen molar-refractivity contribution in [3.63, 3.8) is 0 Å². The molecule has 2 rings (SSSR count). The summed E-state index contributed by atoms with van der Waals surface area (Å²) in [4.78, 5) is 4.19. The maximum Gasteiger partial charge on any atom is 0.142 e. The van der Waals surface area contributed by atoms with Gasteiger partial charge in [-0.15, -0.1) is 0 Å². The number of methoxy groups -OCH3 is 1. The highest BCUT2D eigenvalue weighted by Gasteiger charge is 2.16. The third kappa shape index (κ3) is 2.52. The van der Waals surface area contributed by atoms with Gasteiger partial charge in [-0.05, 0) is 45.8 Å². The van der Waals surface area contributed by atoms with Crippen LogP contribution in [0.2, 0.25) is 0 Å². The first-order chi connectivity index (χ1) is 8.63. The molecule has 0 fully saturated rings. The molecular formula is C13H12BrFN2O. The van der Waals surface area contributed by atoms with Crippen LogP contribution >= 0.6 is 15.9 Å². The number of hydrogen-bond acceptors (Lipinski definition) is 3. The summed E-state index contributed by atoms with van der Waals surface area (Å²) in [6.07, 6.45) is 1.63. The first kappa shape index (κ1) is 13.0. The normalized spacial score (nSPS) is 12.2. The lowest BCUT2D eigenvalue weighted by Gasteiger charge is -2.15. The van der Waals surface area contributed by atoms with E-state index in [1.165, 1.54) is 6.07 Å². The molecule has 3 nitrogen and oxygen atoms in total. The second-order valence-electron chi connectivity index (χ2n) is 3.74. The van der Waals surface area contributed by atoms with E-state index in [1.54, 1.807) is 37.6 Å². The van der Waals surface area contributed by atoms with Crippen LogP contribution in [-0.2, 0) is 0 Å². The Morgan fingerprint density at radius 3 is 2.83 bits per heavy atom. The van der Waals surface area contributed by atoms with Crippen molar-refractivity contribution in [2.24, 2.45) is 5.73 Å². The molecule has 1 atom stereocenters. The number of rotatable bonds is 3. The van der Waals surface area contributed by atoms with Gasteiger partial charge < -0.3 is 10.5 Å². The number of aromatic nitrogens is 1. The molecule has 0 aliphatic rings. The van der Waals surface area contributed by atoms with Gasteiger partial charge in [-0.3, -0.25) is 4.98 Å². The van der Waals surface area contributed by atoms with Crippen molar-refractivity contribution < 1.29 is 9.13 Å². The number of hydrogen-bond donors (Lipinski definition) is 1. The summed E-state index contributed by atoms with van der Waals surface area (Å²) < 4.78 is 19.1. The van der Waals surface area contributed by atoms with E-state index in [0.29, 0.717) is 21.5 Å². The number of benzene rings is 1. The Hall–Kier alpha value is -1.46. The van der Waals surface area contributed by atoms with E-state index in [2.05, 4.69) is 20.9 Å². The fourth-order valence-electron chi connectivity index (χ4n) is 1.67. The van der Waals surface area contributed by atoms with E-state index < -0.39 is 6.04 Å². The van der Waals surface area contributed by atoms with Crippen LogP contribution in [-0.4, -0.2) is 12.1 Å². The molecule has 1 unspecified atom stereocenters. The van der Waals surface area contributed by atoms with Gasteiger partial charge in [0.15, 0.2) is 0 Å². The topological polar surface area (TPSA) is 48.1 Å². The molecule has 0 saturated heterocycles. The van der Waals surface area contributed by atoms with Crippen molar-refractivity contribution >= 4 is 15.9 Å². The van der Waals surface area contributed by atoms with Crippen LogP contribution in [0.5, 0.6) is 5.75 Å². The van der Waals surface area contributed by atoms with Crippen molar-refractivity contribution in [2.75, 3.05) is 7.11 Å². The van der Waals surface area contributed by atoms with Gasteiger partial charge in [-0.2, -0.15) is 0 Å². The van der Waals surface area contributed by atoms with Crippen molar-refractivity contribution in [1.82, 2.24) is 4.98 Å². The van der Waals surface area contributed by atoms with Gasteiger partial charge in [-0.1, -0.05) is 6.07 Å². The molecule has 2 N–H and O–H groups in total. The molecule has 0 radical (unpaired) electrons. The minimum absolute atomic E-state index is 0.349. The van der Waals surface area contributed by atoms with E-state index in [1.807, 2.05) is 0 Å². The van der Waals surface area contributed by atoms with Crippen LogP contribution < -0.4 is 10.5 Å². The van der Waals surface area contributed by atoms with E-state index in [0.717, 1.165) is 0 Å². The fourth-order valence-corrected chi connectivity index (χ4v) is 1.92. The van der Waals surface area contributed by atoms with E-state index in [9.17, 15) is 4.39 Å². The van der Waals surface area contributed by atoms with Crippen molar-refractivity contribution in [3.05, 3.63) is 58.1 Å². The lowest BCUT2D eigenvalue weighted by Crippen LogP contribution is -2.15. The zero-order valence-electron chi connectivity index (χ0n) is 9.73. The number of nitrogens with two attached hydrogens (primary N) is 1. The van der Waals surface area contributed by atoms with E-state index in [-0.39, 0.29) is 5.82 Å². The first-order valence-electron chi connectivity index (χ1n) is 5.33. The second kappa shape index (κ2) is 5.46. The van der Waals surface area contributed by atoms with Crippen LogP contribution in [0.1, 0.15) is 17.3 Å². The Kier molecular flexibility index (Phi) is 3.93. The zero-order chi connectivity index (χ0) is 13.1. The van der Waals surface area contributed by atoms with Gasteiger partial charge in [0, 0.05) is 6.20 Å². The molecule has 2 aromatic rings. The predicted molar refractivity (Wildman–Crippen MR) is 70.9 cm³/mol. The van der Waals surface area contributed by atoms with Gasteiger partial charge in [0.05, 0.1) is 17.6 Å². The molecule has 0 bridgehead atoms. The summed E-state index contributed by atoms with van der Waals surface area (Å²) >= 11 is 3.11. The van der Waals surface area contributed by atoms with Crippen LogP contribution in [0.3, 0.4) is 0 Å². The molecular weight excluding hydrogens is 299 g/mol. The summed E-state index contributed by atoms with van der Waals surface area (Å²) in [5.41, 5.74) is 7.32. The molecule has 0 spiro atoms. The van der Waals surface area contributed by atoms with Crippen LogP contribution in [0.25, 0.3) is 0 Å². The Labute approximate surface area is 113 Å². The van der Waals surface area contributed by atoms with Crippen LogP contribution in [0.15, 0.2) is 41.0 Å². The number of halogens is 2. The van der Waals surface area contributed by atoms with Gasteiger partial charge >= 0.3 is 0 Å². The summed E-state index contributed by atoms with van der Waals surface area (Å²) in [5.74, 6) is 0.242. The highest BCUT2D eigenvalue weighted by atomic mass is 79.9. The minimum Gasteiger partial charge on any atom is -0.495 e. The summed E-state index contributed by atoms with van der Waals surface area (Å²) in [6, 6.07) is 7.78. The maximum absolute atomic E-state index is 13.5. The van der Waals surface area contributed by atoms with Crippen LogP contribution in [0, 0.1) is 5.82 Å². The Bertz CT molecular complexity index is 562. The van der Waals surface area contributed by atoms with Crippen molar-refractivity contribution in [2.45, 2.75) is 6.04 Å². The SMILES string of the molecule is COc1cccnc1C(N)c1ccc(Br)c(F)c1. The lowest BCUT2D eigenvalue weighted by molar-refractivity contribution is 0.404. The predicted octanol–water partition coefficient (Wildman–Crippen LogP) is 3.04. The quantitative estimate of drug-likeness (QED) is 0.948. The van der Waals surface area contributed by atoms with Gasteiger partial charge in [-0.25, -0.2) is 4.39 Å². The van der Waals surface area contributed by atoms with Crippen molar-refractivity contribution in [3.8, 4) is 5.75 Å². The molecule has 0 aliphatic heterocycles. The summed E-state index contributed by atoms with van der Waals surface area (Å²) in [7, 11) is 1.55. The molecule has 0 saturated carbocycles. The molecule has 1 aromatic carbocycles. The summed E-state index contributed by atoms with van der Waals surface area (Å²) in [6.45, 7) is 0. The fraction of sp³-hybridized carbons (Fsp3) is 0.154. The van der Waals surface area contributed by atoms with E-state index in [4.69, 9.17) is 10.5 Å². The second-order valence-corrected chi connectivity index (χ2v) is 4.60. The largest absolute Gasteiger partial charge is 0.495 e. The number of nitrogens with zero attached hydrogens (tertiary/aromatic N) is 1. The maximum atomic E-state index is 13.5. The van der Waals surface area contributed by atoms with E-state index >= 15 is 0 Å². The van der Waals surface area contributed by atoms with Crippen LogP contribution in [0.4, 0.5) is 4.39 Å². The third-order valence-corrected chi connectivity index (χ3v) is 3.26. The first-order valence-corrected chi connectivity index (χ1v) is 6.12. The van der Waals surface area contributed by atoms with Gasteiger partial charge in [0.1, 0.15) is 17.3 Å². The smallest absolute Gasteiger partial charge is 0.142 e. The van der Waals surface area contributed by atoms with Crippen molar-refractivity contribution in [1.29, 1.82) is 0 Å². The average molecular weight is 311 g/mol. The summed E-state index contributed by atoms with van der Waals surface area (Å²) in [5, 5.41) is 0. The average Bonchev–Trinajstić information content (AvgIpc) is 2.41. The Morgan fingerprint density at radius 2 is 2.17 bits per heavy atom. The highest BCUT2D eigenvalue weighted by Crippen LogP contribution is 2.27. The molecule has 0 aliphatic carbocycles. The standard InChI is InChI=1S/C13H12BrFN2O/c1-18-11-3-2-6-17-13(11)12(16)8-4-5-9(14)10(15)7-8/h2-7,12H,16H2,1H3. The molecule has 0 amide bonds. The Balaban J connectivity index is 2.41. The monoisotopic (exact) mass is 310 g/mol. The molecule has 18 heavy (non-hydrogen) atoms. The molecule has 94 valence electrons. The number of ether oxygens (including phenoxy) is 1. The van der Waals surface area contributed by atoms with Gasteiger partial charge in [0.25, 0.3) is 0 Å². The molecule has 1 heterocycles. The highest BCUT2D eigenvalue weighted by molar-refractivity contribution is 9.10.